The van der Waals surface area contributed by atoms with Crippen molar-refractivity contribution in [1.29, 1.82) is 0 Å². The Kier molecular flexibility index (Phi) is 7.81. The smallest absolute Gasteiger partial charge is 0.164 e. The Morgan fingerprint density at radius 2 is 1.07 bits per heavy atom. The lowest BCUT2D eigenvalue weighted by molar-refractivity contribution is 0.401. The summed E-state index contributed by atoms with van der Waals surface area (Å²) >= 11 is 2.11. The van der Waals surface area contributed by atoms with E-state index in [1.165, 1.54) is 79.8 Å². The minimum Gasteiger partial charge on any atom is -0.208 e. The Balaban J connectivity index is 1.16. The Hall–Kier alpha value is -6.10. The van der Waals surface area contributed by atoms with Crippen molar-refractivity contribution in [3.05, 3.63) is 214 Å². The molecule has 284 valence electrons. The fourth-order valence-corrected chi connectivity index (χ4v) is 13.0. The standard InChI is InChI=1S/C55H43N3S/c1-54(2)42-24-10-12-26-44(42)55(45-27-13-11-25-43(45)54)41-32-31-36(37-22-16-30-48-50(37)38-21-9-14-29-47(38)59-48)33-40(41)49-39(23-15-28-46(49)55)53-57-51(34-17-5-3-6-18-34)56-52(58-53)35-19-7-4-8-20-35/h3-15,17-21,23-29,31-33,37,48,50H,16,22,30H2,1-2H3. The molecule has 1 spiro atoms. The average molecular weight is 778 g/mol. The van der Waals surface area contributed by atoms with Crippen LogP contribution in [-0.2, 0) is 10.8 Å². The average Bonchev–Trinajstić information content (AvgIpc) is 3.83. The lowest BCUT2D eigenvalue weighted by Crippen LogP contribution is -2.40. The van der Waals surface area contributed by atoms with E-state index in [4.69, 9.17) is 15.0 Å². The molecule has 4 heteroatoms. The Labute approximate surface area is 350 Å². The highest BCUT2D eigenvalue weighted by Gasteiger charge is 2.54. The van der Waals surface area contributed by atoms with E-state index in [9.17, 15) is 0 Å². The molecule has 1 fully saturated rings. The van der Waals surface area contributed by atoms with Crippen molar-refractivity contribution >= 4 is 11.8 Å². The molecule has 1 aromatic heterocycles. The van der Waals surface area contributed by atoms with Gasteiger partial charge in [0, 0.05) is 38.2 Å². The van der Waals surface area contributed by atoms with Gasteiger partial charge in [-0.15, -0.1) is 11.8 Å². The zero-order valence-electron chi connectivity index (χ0n) is 33.3. The number of rotatable bonds is 4. The maximum absolute atomic E-state index is 5.35. The van der Waals surface area contributed by atoms with E-state index in [0.29, 0.717) is 34.6 Å². The zero-order valence-corrected chi connectivity index (χ0v) is 34.1. The fraction of sp³-hybridized carbons (Fsp3) is 0.182. The van der Waals surface area contributed by atoms with Crippen LogP contribution < -0.4 is 0 Å². The number of hydrogen-bond donors (Lipinski definition) is 0. The topological polar surface area (TPSA) is 38.7 Å². The van der Waals surface area contributed by atoms with Gasteiger partial charge in [0.25, 0.3) is 0 Å². The summed E-state index contributed by atoms with van der Waals surface area (Å²) in [5.41, 5.74) is 15.9. The van der Waals surface area contributed by atoms with Gasteiger partial charge in [0.05, 0.1) is 5.41 Å². The van der Waals surface area contributed by atoms with Crippen LogP contribution in [0, 0.1) is 0 Å². The van der Waals surface area contributed by atoms with Crippen LogP contribution in [0.5, 0.6) is 0 Å². The summed E-state index contributed by atoms with van der Waals surface area (Å²) in [5.74, 6) is 3.00. The van der Waals surface area contributed by atoms with E-state index in [2.05, 4.69) is 183 Å². The number of nitrogens with zero attached hydrogens (tertiary/aromatic N) is 3. The van der Waals surface area contributed by atoms with Crippen LogP contribution in [0.4, 0.5) is 0 Å². The summed E-state index contributed by atoms with van der Waals surface area (Å²) in [5, 5.41) is 0.617. The van der Waals surface area contributed by atoms with Crippen LogP contribution in [0.2, 0.25) is 0 Å². The van der Waals surface area contributed by atoms with E-state index in [0.717, 1.165) is 16.7 Å². The van der Waals surface area contributed by atoms with Crippen molar-refractivity contribution in [2.75, 3.05) is 0 Å². The maximum Gasteiger partial charge on any atom is 0.164 e. The molecule has 0 N–H and O–H groups in total. The van der Waals surface area contributed by atoms with Gasteiger partial charge in [-0.05, 0) is 80.5 Å². The molecular formula is C55H43N3S. The monoisotopic (exact) mass is 777 g/mol. The highest BCUT2D eigenvalue weighted by Crippen LogP contribution is 2.64. The summed E-state index contributed by atoms with van der Waals surface area (Å²) in [7, 11) is 0. The van der Waals surface area contributed by atoms with Gasteiger partial charge in [-0.1, -0.05) is 184 Å². The zero-order chi connectivity index (χ0) is 39.3. The second kappa shape index (κ2) is 13.2. The first-order valence-electron chi connectivity index (χ1n) is 21.1. The van der Waals surface area contributed by atoms with Gasteiger partial charge in [-0.25, -0.2) is 15.0 Å². The fourth-order valence-electron chi connectivity index (χ4n) is 11.4. The molecule has 8 aromatic rings. The third kappa shape index (κ3) is 5.05. The summed E-state index contributed by atoms with van der Waals surface area (Å²) in [4.78, 5) is 17.3. The van der Waals surface area contributed by atoms with E-state index in [1.807, 2.05) is 12.1 Å². The summed E-state index contributed by atoms with van der Waals surface area (Å²) < 4.78 is 0. The molecule has 12 rings (SSSR count). The molecule has 1 saturated carbocycles. The number of hydrogen-bond acceptors (Lipinski definition) is 4. The molecule has 3 nitrogen and oxygen atoms in total. The van der Waals surface area contributed by atoms with Gasteiger partial charge in [-0.2, -0.15) is 0 Å². The SMILES string of the molecule is CC1(C)c2ccccc2C2(c3ccc(C4CCCC5Sc6ccccc6C54)cc3-c3c(-c4nc(-c5ccccc5)nc(-c5ccccc5)n4)cccc32)c2ccccc21. The van der Waals surface area contributed by atoms with Crippen molar-refractivity contribution in [1.82, 2.24) is 15.0 Å². The van der Waals surface area contributed by atoms with Gasteiger partial charge in [0.1, 0.15) is 0 Å². The number of aromatic nitrogens is 3. The molecule has 0 bridgehead atoms. The van der Waals surface area contributed by atoms with Crippen molar-refractivity contribution in [2.45, 2.75) is 65.9 Å². The van der Waals surface area contributed by atoms with Crippen molar-refractivity contribution in [3.63, 3.8) is 0 Å². The third-order valence-electron chi connectivity index (χ3n) is 14.0. The van der Waals surface area contributed by atoms with Crippen molar-refractivity contribution < 1.29 is 0 Å². The van der Waals surface area contributed by atoms with Gasteiger partial charge in [0.15, 0.2) is 17.5 Å². The van der Waals surface area contributed by atoms with Crippen LogP contribution in [0.15, 0.2) is 175 Å². The molecule has 3 atom stereocenters. The predicted octanol–water partition coefficient (Wildman–Crippen LogP) is 13.4. The minimum absolute atomic E-state index is 0.174. The number of fused-ring (bicyclic) bond motifs is 12. The molecule has 0 radical (unpaired) electrons. The molecule has 7 aromatic carbocycles. The largest absolute Gasteiger partial charge is 0.208 e. The van der Waals surface area contributed by atoms with Gasteiger partial charge < -0.3 is 0 Å². The lowest BCUT2D eigenvalue weighted by Gasteiger charge is -2.46. The second-order valence-corrected chi connectivity index (χ2v) is 18.6. The van der Waals surface area contributed by atoms with Crippen LogP contribution in [0.25, 0.3) is 45.3 Å². The van der Waals surface area contributed by atoms with Gasteiger partial charge >= 0.3 is 0 Å². The van der Waals surface area contributed by atoms with E-state index in [1.54, 1.807) is 0 Å². The Bertz CT molecular complexity index is 2850. The Morgan fingerprint density at radius 1 is 0.492 bits per heavy atom. The van der Waals surface area contributed by atoms with Crippen molar-refractivity contribution in [2.24, 2.45) is 0 Å². The van der Waals surface area contributed by atoms with Crippen molar-refractivity contribution in [3.8, 4) is 45.3 Å². The molecule has 3 unspecified atom stereocenters. The van der Waals surface area contributed by atoms with Crippen LogP contribution in [-0.4, -0.2) is 20.2 Å². The summed E-state index contributed by atoms with van der Waals surface area (Å²) in [6.07, 6.45) is 3.72. The first-order chi connectivity index (χ1) is 29.0. The molecule has 1 aliphatic heterocycles. The molecule has 0 saturated heterocycles. The van der Waals surface area contributed by atoms with Crippen LogP contribution in [0.3, 0.4) is 0 Å². The van der Waals surface area contributed by atoms with Crippen LogP contribution >= 0.6 is 11.8 Å². The maximum atomic E-state index is 5.35. The molecule has 4 aliphatic rings. The Morgan fingerprint density at radius 3 is 1.75 bits per heavy atom. The molecular weight excluding hydrogens is 735 g/mol. The van der Waals surface area contributed by atoms with Gasteiger partial charge in [-0.3, -0.25) is 0 Å². The lowest BCUT2D eigenvalue weighted by atomic mass is 9.55. The number of benzene rings is 7. The van der Waals surface area contributed by atoms with E-state index >= 15 is 0 Å². The van der Waals surface area contributed by atoms with E-state index < -0.39 is 5.41 Å². The van der Waals surface area contributed by atoms with Gasteiger partial charge in [0.2, 0.25) is 0 Å². The summed E-state index contributed by atoms with van der Waals surface area (Å²) in [6, 6.07) is 62.8. The van der Waals surface area contributed by atoms with Crippen LogP contribution in [0.1, 0.15) is 89.5 Å². The molecule has 2 heterocycles. The first-order valence-corrected chi connectivity index (χ1v) is 22.0. The highest BCUT2D eigenvalue weighted by molar-refractivity contribution is 8.00. The first kappa shape index (κ1) is 34.9. The third-order valence-corrected chi connectivity index (χ3v) is 15.4. The molecule has 59 heavy (non-hydrogen) atoms. The quantitative estimate of drug-likeness (QED) is 0.178. The highest BCUT2D eigenvalue weighted by atomic mass is 32.2. The molecule has 3 aliphatic carbocycles. The normalized spacial score (nSPS) is 19.9. The van der Waals surface area contributed by atoms with E-state index in [-0.39, 0.29) is 5.41 Å². The molecule has 0 amide bonds. The predicted molar refractivity (Wildman–Crippen MR) is 241 cm³/mol. The second-order valence-electron chi connectivity index (χ2n) is 17.3. The minimum atomic E-state index is -0.523. The summed E-state index contributed by atoms with van der Waals surface area (Å²) in [6.45, 7) is 4.79. The number of thioether (sulfide) groups is 1.